The molecule has 1 fully saturated rings. The van der Waals surface area contributed by atoms with Gasteiger partial charge in [-0.15, -0.1) is 22.7 Å². The van der Waals surface area contributed by atoms with Crippen LogP contribution in [0.25, 0.3) is 0 Å². The number of thiazole rings is 1. The third kappa shape index (κ3) is 3.91. The first-order chi connectivity index (χ1) is 11.1. The van der Waals surface area contributed by atoms with Crippen molar-refractivity contribution < 1.29 is 13.2 Å². The van der Waals surface area contributed by atoms with Crippen molar-refractivity contribution in [2.75, 3.05) is 17.8 Å². The third-order valence-electron chi connectivity index (χ3n) is 3.60. The SMILES string of the molecule is O=C(c1csc(NS(=O)(=O)c2cccs2)n1)N1CCCCCC1. The van der Waals surface area contributed by atoms with Gasteiger partial charge in [-0.05, 0) is 24.3 Å². The zero-order chi connectivity index (χ0) is 16.3. The van der Waals surface area contributed by atoms with E-state index in [9.17, 15) is 13.2 Å². The second kappa shape index (κ2) is 6.98. The van der Waals surface area contributed by atoms with E-state index in [0.717, 1.165) is 61.4 Å². The lowest BCUT2D eigenvalue weighted by molar-refractivity contribution is 0.0756. The van der Waals surface area contributed by atoms with E-state index in [4.69, 9.17) is 0 Å². The summed E-state index contributed by atoms with van der Waals surface area (Å²) in [5, 5.41) is 3.53. The van der Waals surface area contributed by atoms with Crippen LogP contribution >= 0.6 is 22.7 Å². The maximum atomic E-state index is 12.5. The van der Waals surface area contributed by atoms with Gasteiger partial charge in [0, 0.05) is 18.5 Å². The van der Waals surface area contributed by atoms with E-state index >= 15 is 0 Å². The van der Waals surface area contributed by atoms with E-state index in [2.05, 4.69) is 9.71 Å². The number of anilines is 1. The first kappa shape index (κ1) is 16.4. The molecule has 0 radical (unpaired) electrons. The van der Waals surface area contributed by atoms with Gasteiger partial charge in [-0.3, -0.25) is 9.52 Å². The summed E-state index contributed by atoms with van der Waals surface area (Å²) in [7, 11) is -3.62. The third-order valence-corrected chi connectivity index (χ3v) is 7.22. The molecule has 1 aliphatic heterocycles. The van der Waals surface area contributed by atoms with Gasteiger partial charge in [-0.25, -0.2) is 13.4 Å². The highest BCUT2D eigenvalue weighted by Crippen LogP contribution is 2.23. The number of nitrogens with one attached hydrogen (secondary N) is 1. The number of amides is 1. The Bertz CT molecular complexity index is 760. The van der Waals surface area contributed by atoms with E-state index in [1.807, 2.05) is 0 Å². The molecule has 124 valence electrons. The van der Waals surface area contributed by atoms with Gasteiger partial charge in [0.15, 0.2) is 5.13 Å². The molecule has 9 heteroatoms. The van der Waals surface area contributed by atoms with Crippen molar-refractivity contribution in [1.82, 2.24) is 9.88 Å². The van der Waals surface area contributed by atoms with Crippen molar-refractivity contribution in [1.29, 1.82) is 0 Å². The van der Waals surface area contributed by atoms with Crippen LogP contribution in [0, 0.1) is 0 Å². The second-order valence-corrected chi connectivity index (χ2v) is 9.00. The van der Waals surface area contributed by atoms with Crippen LogP contribution in [0.4, 0.5) is 5.13 Å². The van der Waals surface area contributed by atoms with Crippen LogP contribution in [0.15, 0.2) is 27.1 Å². The minimum Gasteiger partial charge on any atom is -0.337 e. The predicted octanol–water partition coefficient (Wildman–Crippen LogP) is 3.02. The smallest absolute Gasteiger partial charge is 0.273 e. The zero-order valence-corrected chi connectivity index (χ0v) is 14.8. The largest absolute Gasteiger partial charge is 0.337 e. The molecular formula is C14H17N3O3S3. The minimum atomic E-state index is -3.62. The molecule has 6 nitrogen and oxygen atoms in total. The fourth-order valence-corrected chi connectivity index (χ4v) is 5.37. The van der Waals surface area contributed by atoms with Crippen LogP contribution in [-0.4, -0.2) is 37.3 Å². The second-order valence-electron chi connectivity index (χ2n) is 5.28. The number of sulfonamides is 1. The number of carbonyl (C=O) groups excluding carboxylic acids is 1. The number of hydrogen-bond acceptors (Lipinski definition) is 6. The van der Waals surface area contributed by atoms with Crippen molar-refractivity contribution in [3.63, 3.8) is 0 Å². The Morgan fingerprint density at radius 3 is 2.57 bits per heavy atom. The number of nitrogens with zero attached hydrogens (tertiary/aromatic N) is 2. The van der Waals surface area contributed by atoms with Crippen molar-refractivity contribution in [3.05, 3.63) is 28.6 Å². The summed E-state index contributed by atoms with van der Waals surface area (Å²) >= 11 is 2.27. The van der Waals surface area contributed by atoms with E-state index in [1.54, 1.807) is 21.7 Å². The molecule has 1 saturated heterocycles. The minimum absolute atomic E-state index is 0.121. The summed E-state index contributed by atoms with van der Waals surface area (Å²) in [4.78, 5) is 18.4. The fourth-order valence-electron chi connectivity index (χ4n) is 2.44. The highest BCUT2D eigenvalue weighted by Gasteiger charge is 2.22. The number of aromatic nitrogens is 1. The molecule has 3 heterocycles. The molecule has 0 saturated carbocycles. The standard InChI is InChI=1S/C14H17N3O3S3/c18-13(17-7-3-1-2-4-8-17)11-10-22-14(15-11)16-23(19,20)12-6-5-9-21-12/h5-6,9-10H,1-4,7-8H2,(H,15,16). The molecule has 2 aromatic rings. The molecule has 3 rings (SSSR count). The lowest BCUT2D eigenvalue weighted by Crippen LogP contribution is -2.32. The maximum Gasteiger partial charge on any atom is 0.273 e. The number of thiophene rings is 1. The van der Waals surface area contributed by atoms with Gasteiger partial charge in [-0.2, -0.15) is 0 Å². The number of hydrogen-bond donors (Lipinski definition) is 1. The lowest BCUT2D eigenvalue weighted by atomic mass is 10.2. The zero-order valence-electron chi connectivity index (χ0n) is 12.4. The molecule has 0 unspecified atom stereocenters. The molecule has 1 aliphatic rings. The van der Waals surface area contributed by atoms with Crippen molar-refractivity contribution in [2.24, 2.45) is 0 Å². The highest BCUT2D eigenvalue weighted by atomic mass is 32.2. The summed E-state index contributed by atoms with van der Waals surface area (Å²) in [5.41, 5.74) is 0.306. The van der Waals surface area contributed by atoms with E-state index in [-0.39, 0.29) is 15.2 Å². The molecule has 1 N–H and O–H groups in total. The average Bonchev–Trinajstić information content (AvgIpc) is 3.14. The van der Waals surface area contributed by atoms with Gasteiger partial charge in [-0.1, -0.05) is 18.9 Å². The van der Waals surface area contributed by atoms with Gasteiger partial charge >= 0.3 is 0 Å². The van der Waals surface area contributed by atoms with E-state index in [1.165, 1.54) is 6.07 Å². The van der Waals surface area contributed by atoms with Gasteiger partial charge < -0.3 is 4.90 Å². The predicted molar refractivity (Wildman–Crippen MR) is 91.6 cm³/mol. The first-order valence-electron chi connectivity index (χ1n) is 7.37. The van der Waals surface area contributed by atoms with Crippen molar-refractivity contribution in [3.8, 4) is 0 Å². The molecule has 0 atom stereocenters. The van der Waals surface area contributed by atoms with Crippen LogP contribution in [0.1, 0.15) is 36.2 Å². The van der Waals surface area contributed by atoms with Gasteiger partial charge in [0.1, 0.15) is 9.90 Å². The maximum absolute atomic E-state index is 12.5. The fraction of sp³-hybridized carbons (Fsp3) is 0.429. The Morgan fingerprint density at radius 2 is 1.91 bits per heavy atom. The van der Waals surface area contributed by atoms with Crippen LogP contribution in [-0.2, 0) is 10.0 Å². The number of carbonyl (C=O) groups is 1. The Kier molecular flexibility index (Phi) is 4.98. The molecule has 23 heavy (non-hydrogen) atoms. The van der Waals surface area contributed by atoms with Crippen LogP contribution in [0.2, 0.25) is 0 Å². The molecule has 0 bridgehead atoms. The monoisotopic (exact) mass is 371 g/mol. The van der Waals surface area contributed by atoms with Gasteiger partial charge in [0.25, 0.3) is 15.9 Å². The van der Waals surface area contributed by atoms with Crippen LogP contribution in [0.5, 0.6) is 0 Å². The first-order valence-corrected chi connectivity index (χ1v) is 10.6. The molecular weight excluding hydrogens is 354 g/mol. The molecule has 1 amide bonds. The van der Waals surface area contributed by atoms with Crippen LogP contribution < -0.4 is 4.72 Å². The van der Waals surface area contributed by atoms with Crippen LogP contribution in [0.3, 0.4) is 0 Å². The van der Waals surface area contributed by atoms with Crippen molar-refractivity contribution in [2.45, 2.75) is 29.9 Å². The summed E-state index contributed by atoms with van der Waals surface area (Å²) in [6.07, 6.45) is 4.31. The summed E-state index contributed by atoms with van der Waals surface area (Å²) in [6.45, 7) is 1.49. The molecule has 0 spiro atoms. The number of rotatable bonds is 4. The average molecular weight is 372 g/mol. The van der Waals surface area contributed by atoms with Gasteiger partial charge in [0.05, 0.1) is 0 Å². The highest BCUT2D eigenvalue weighted by molar-refractivity contribution is 7.94. The Labute approximate surface area is 143 Å². The Hall–Kier alpha value is -1.45. The van der Waals surface area contributed by atoms with Crippen molar-refractivity contribution >= 4 is 43.7 Å². The Balaban J connectivity index is 1.71. The molecule has 0 aliphatic carbocycles. The molecule has 0 aromatic carbocycles. The topological polar surface area (TPSA) is 79.4 Å². The Morgan fingerprint density at radius 1 is 1.17 bits per heavy atom. The summed E-state index contributed by atoms with van der Waals surface area (Å²) in [5.74, 6) is -0.121. The molecule has 2 aromatic heterocycles. The lowest BCUT2D eigenvalue weighted by Gasteiger charge is -2.18. The van der Waals surface area contributed by atoms with Gasteiger partial charge in [0.2, 0.25) is 0 Å². The van der Waals surface area contributed by atoms with E-state index in [0.29, 0.717) is 5.69 Å². The number of likely N-dealkylation sites (tertiary alicyclic amines) is 1. The summed E-state index contributed by atoms with van der Waals surface area (Å²) < 4.78 is 27.0. The quantitative estimate of drug-likeness (QED) is 0.896. The van der Waals surface area contributed by atoms with E-state index < -0.39 is 10.0 Å². The summed E-state index contributed by atoms with van der Waals surface area (Å²) in [6, 6.07) is 3.21. The normalized spacial score (nSPS) is 16.1.